The van der Waals surface area contributed by atoms with E-state index in [1.165, 1.54) is 12.1 Å². The van der Waals surface area contributed by atoms with Crippen molar-refractivity contribution >= 4 is 17.4 Å². The second-order valence-corrected chi connectivity index (χ2v) is 5.75. The Hall–Kier alpha value is -2.11. The summed E-state index contributed by atoms with van der Waals surface area (Å²) in [5, 5.41) is 12.1. The fraction of sp³-hybridized carbons (Fsp3) is 0.467. The first-order valence-electron chi connectivity index (χ1n) is 7.17. The quantitative estimate of drug-likeness (QED) is 0.379. The Bertz CT molecular complexity index is 609. The van der Waals surface area contributed by atoms with Gasteiger partial charge in [0.2, 0.25) is 5.91 Å². The van der Waals surface area contributed by atoms with Crippen molar-refractivity contribution in [3.05, 3.63) is 29.6 Å². The lowest BCUT2D eigenvalue weighted by atomic mass is 9.83. The molecule has 0 bridgehead atoms. The molecule has 0 aromatic heterocycles. The van der Waals surface area contributed by atoms with Crippen LogP contribution in [0.1, 0.15) is 31.2 Å². The van der Waals surface area contributed by atoms with Gasteiger partial charge in [0, 0.05) is 12.2 Å². The molecule has 1 fully saturated rings. The first-order chi connectivity index (χ1) is 10.1. The molecule has 0 radical (unpaired) electrons. The fourth-order valence-electron chi connectivity index (χ4n) is 3.48. The summed E-state index contributed by atoms with van der Waals surface area (Å²) in [4.78, 5) is 14.6. The maximum atomic E-state index is 13.5. The number of benzene rings is 1. The van der Waals surface area contributed by atoms with Crippen molar-refractivity contribution < 1.29 is 14.4 Å². The van der Waals surface area contributed by atoms with Crippen LogP contribution in [0.3, 0.4) is 0 Å². The molecule has 2 aliphatic rings. The van der Waals surface area contributed by atoms with E-state index in [-0.39, 0.29) is 17.6 Å². The molecule has 0 spiro atoms. The number of carbonyl (C=O) groups excluding carboxylic acids is 1. The lowest BCUT2D eigenvalue weighted by Gasteiger charge is -2.31. The standard InChI is InChI=1S/C15H18FN3O2/c16-11-4-3-10-5-8-19(12(10)9-11)14(20)15(13(17)18-21)6-1-2-7-15/h3-4,9,21H,1-2,5-8H2,(H2,17,18). The summed E-state index contributed by atoms with van der Waals surface area (Å²) >= 11 is 0. The zero-order valence-corrected chi connectivity index (χ0v) is 11.7. The van der Waals surface area contributed by atoms with Crippen LogP contribution in [0, 0.1) is 11.2 Å². The maximum Gasteiger partial charge on any atom is 0.240 e. The average molecular weight is 291 g/mol. The first-order valence-corrected chi connectivity index (χ1v) is 7.17. The van der Waals surface area contributed by atoms with Crippen molar-refractivity contribution in [2.45, 2.75) is 32.1 Å². The lowest BCUT2D eigenvalue weighted by molar-refractivity contribution is -0.124. The van der Waals surface area contributed by atoms with Crippen LogP contribution in [0.15, 0.2) is 23.4 Å². The number of hydrogen-bond donors (Lipinski definition) is 2. The number of anilines is 1. The van der Waals surface area contributed by atoms with E-state index < -0.39 is 5.41 Å². The lowest BCUT2D eigenvalue weighted by Crippen LogP contribution is -2.49. The monoisotopic (exact) mass is 291 g/mol. The van der Waals surface area contributed by atoms with Gasteiger partial charge in [-0.3, -0.25) is 4.79 Å². The van der Waals surface area contributed by atoms with E-state index in [4.69, 9.17) is 10.9 Å². The summed E-state index contributed by atoms with van der Waals surface area (Å²) in [6, 6.07) is 4.50. The average Bonchev–Trinajstić information content (AvgIpc) is 3.13. The van der Waals surface area contributed by atoms with E-state index in [0.29, 0.717) is 31.5 Å². The van der Waals surface area contributed by atoms with Crippen molar-refractivity contribution in [2.24, 2.45) is 16.3 Å². The number of oxime groups is 1. The molecule has 3 rings (SSSR count). The van der Waals surface area contributed by atoms with Crippen LogP contribution in [-0.2, 0) is 11.2 Å². The van der Waals surface area contributed by atoms with Gasteiger partial charge in [0.15, 0.2) is 5.84 Å². The molecule has 112 valence electrons. The molecule has 1 aliphatic heterocycles. The third-order valence-corrected chi connectivity index (χ3v) is 4.65. The largest absolute Gasteiger partial charge is 0.409 e. The van der Waals surface area contributed by atoms with Gasteiger partial charge in [-0.2, -0.15) is 0 Å². The second-order valence-electron chi connectivity index (χ2n) is 5.75. The molecular weight excluding hydrogens is 273 g/mol. The van der Waals surface area contributed by atoms with Gasteiger partial charge in [-0.1, -0.05) is 24.1 Å². The minimum Gasteiger partial charge on any atom is -0.409 e. The molecule has 1 aromatic rings. The molecule has 5 nitrogen and oxygen atoms in total. The SMILES string of the molecule is N/C(=N/O)C1(C(=O)N2CCc3ccc(F)cc32)CCCC1. The van der Waals surface area contributed by atoms with Crippen molar-refractivity contribution in [3.63, 3.8) is 0 Å². The number of carbonyl (C=O) groups is 1. The van der Waals surface area contributed by atoms with Crippen molar-refractivity contribution in [3.8, 4) is 0 Å². The molecule has 1 amide bonds. The van der Waals surface area contributed by atoms with Crippen LogP contribution in [0.25, 0.3) is 0 Å². The summed E-state index contributed by atoms with van der Waals surface area (Å²) in [5.41, 5.74) is 6.43. The van der Waals surface area contributed by atoms with E-state index in [1.54, 1.807) is 11.0 Å². The Balaban J connectivity index is 1.98. The Morgan fingerprint density at radius 3 is 2.76 bits per heavy atom. The molecule has 0 unspecified atom stereocenters. The molecule has 1 heterocycles. The van der Waals surface area contributed by atoms with Crippen LogP contribution < -0.4 is 10.6 Å². The molecular formula is C15H18FN3O2. The predicted octanol–water partition coefficient (Wildman–Crippen LogP) is 2.02. The van der Waals surface area contributed by atoms with Crippen LogP contribution in [0.4, 0.5) is 10.1 Å². The predicted molar refractivity (Wildman–Crippen MR) is 76.8 cm³/mol. The normalized spacial score (nSPS) is 20.6. The highest BCUT2D eigenvalue weighted by Crippen LogP contribution is 2.42. The number of halogens is 1. The van der Waals surface area contributed by atoms with Crippen molar-refractivity contribution in [1.29, 1.82) is 0 Å². The number of nitrogens with two attached hydrogens (primary N) is 1. The molecule has 3 N–H and O–H groups in total. The summed E-state index contributed by atoms with van der Waals surface area (Å²) < 4.78 is 13.5. The third-order valence-electron chi connectivity index (χ3n) is 4.65. The number of amidine groups is 1. The first kappa shape index (κ1) is 13.9. The van der Waals surface area contributed by atoms with Gasteiger partial charge in [0.1, 0.15) is 11.2 Å². The van der Waals surface area contributed by atoms with Crippen molar-refractivity contribution in [2.75, 3.05) is 11.4 Å². The summed E-state index contributed by atoms with van der Waals surface area (Å²) in [7, 11) is 0. The summed E-state index contributed by atoms with van der Waals surface area (Å²) in [6.07, 6.45) is 3.58. The van der Waals surface area contributed by atoms with E-state index in [1.807, 2.05) is 0 Å². The molecule has 0 atom stereocenters. The van der Waals surface area contributed by atoms with Gasteiger partial charge >= 0.3 is 0 Å². The molecule has 1 aliphatic carbocycles. The molecule has 1 aromatic carbocycles. The fourth-order valence-corrected chi connectivity index (χ4v) is 3.48. The van der Waals surface area contributed by atoms with E-state index in [0.717, 1.165) is 18.4 Å². The van der Waals surface area contributed by atoms with Crippen LogP contribution in [0.5, 0.6) is 0 Å². The third kappa shape index (κ3) is 2.05. The van der Waals surface area contributed by atoms with Gasteiger partial charge < -0.3 is 15.8 Å². The van der Waals surface area contributed by atoms with E-state index in [9.17, 15) is 9.18 Å². The number of hydrogen-bond acceptors (Lipinski definition) is 3. The summed E-state index contributed by atoms with van der Waals surface area (Å²) in [6.45, 7) is 0.512. The molecule has 21 heavy (non-hydrogen) atoms. The zero-order valence-electron chi connectivity index (χ0n) is 11.7. The van der Waals surface area contributed by atoms with Crippen LogP contribution in [0.2, 0.25) is 0 Å². The molecule has 0 saturated heterocycles. The van der Waals surface area contributed by atoms with E-state index in [2.05, 4.69) is 5.16 Å². The second kappa shape index (κ2) is 5.02. The topological polar surface area (TPSA) is 78.9 Å². The number of amides is 1. The highest BCUT2D eigenvalue weighted by molar-refractivity contribution is 6.13. The highest BCUT2D eigenvalue weighted by atomic mass is 19.1. The van der Waals surface area contributed by atoms with Crippen LogP contribution >= 0.6 is 0 Å². The van der Waals surface area contributed by atoms with Gasteiger partial charge in [0.05, 0.1) is 0 Å². The number of rotatable bonds is 2. The van der Waals surface area contributed by atoms with Gasteiger partial charge in [-0.15, -0.1) is 0 Å². The summed E-state index contributed by atoms with van der Waals surface area (Å²) in [5.74, 6) is -0.577. The van der Waals surface area contributed by atoms with Crippen molar-refractivity contribution in [1.82, 2.24) is 0 Å². The number of nitrogens with zero attached hydrogens (tertiary/aromatic N) is 2. The van der Waals surface area contributed by atoms with Gasteiger partial charge in [-0.25, -0.2) is 4.39 Å². The van der Waals surface area contributed by atoms with E-state index >= 15 is 0 Å². The van der Waals surface area contributed by atoms with Crippen LogP contribution in [-0.4, -0.2) is 23.5 Å². The zero-order chi connectivity index (χ0) is 15.0. The Labute approximate surface area is 122 Å². The molecule has 6 heteroatoms. The highest BCUT2D eigenvalue weighted by Gasteiger charge is 2.48. The number of fused-ring (bicyclic) bond motifs is 1. The van der Waals surface area contributed by atoms with Gasteiger partial charge in [0.25, 0.3) is 0 Å². The smallest absolute Gasteiger partial charge is 0.240 e. The van der Waals surface area contributed by atoms with Gasteiger partial charge in [-0.05, 0) is 37.0 Å². The molecule has 1 saturated carbocycles. The maximum absolute atomic E-state index is 13.5. The Kier molecular flexibility index (Phi) is 3.31. The minimum atomic E-state index is -0.942. The minimum absolute atomic E-state index is 0.0325. The Morgan fingerprint density at radius 2 is 2.10 bits per heavy atom. The Morgan fingerprint density at radius 1 is 1.38 bits per heavy atom.